The molecule has 44 heavy (non-hydrogen) atoms. The van der Waals surface area contributed by atoms with Crippen LogP contribution in [0.1, 0.15) is 93.6 Å². The molecule has 0 amide bonds. The van der Waals surface area contributed by atoms with Gasteiger partial charge in [0.25, 0.3) is 0 Å². The normalized spacial score (nSPS) is 15.3. The van der Waals surface area contributed by atoms with Gasteiger partial charge in [-0.2, -0.15) is 12.1 Å². The fourth-order valence-electron chi connectivity index (χ4n) is 7.32. The Kier molecular flexibility index (Phi) is 14.7. The van der Waals surface area contributed by atoms with E-state index in [4.69, 9.17) is 0 Å². The maximum atomic E-state index is 3.38. The molecule has 2 aliphatic rings. The molecule has 0 radical (unpaired) electrons. The predicted octanol–water partition coefficient (Wildman–Crippen LogP) is 13.4. The predicted molar refractivity (Wildman–Crippen MR) is 196 cm³/mol. The SMILES string of the molecule is Cl.Cl.[CH2-]C[CH2-].[Hf+4].c1ccc2c(c1)ccc1[cH-]c(C3CCCCC3)cc12.c1ccc2c(c1)ccc1[cH-]c(C3CCCCC3)cc12. The van der Waals surface area contributed by atoms with Crippen LogP contribution in [0, 0.1) is 13.8 Å². The van der Waals surface area contributed by atoms with Crippen molar-refractivity contribution in [1.82, 2.24) is 0 Å². The first-order valence-corrected chi connectivity index (χ1v) is 16.0. The maximum Gasteiger partial charge on any atom is 4.00 e. The van der Waals surface area contributed by atoms with E-state index in [2.05, 4.69) is 111 Å². The Morgan fingerprint density at radius 3 is 1.25 bits per heavy atom. The molecule has 0 unspecified atom stereocenters. The van der Waals surface area contributed by atoms with Crippen molar-refractivity contribution in [2.75, 3.05) is 0 Å². The Morgan fingerprint density at radius 2 is 0.864 bits per heavy atom. The van der Waals surface area contributed by atoms with Crippen LogP contribution in [0.4, 0.5) is 0 Å². The fraction of sp³-hybridized carbons (Fsp3) is 0.317. The van der Waals surface area contributed by atoms with Crippen LogP contribution >= 0.6 is 24.8 Å². The molecule has 6 aromatic carbocycles. The molecule has 0 spiro atoms. The summed E-state index contributed by atoms with van der Waals surface area (Å²) in [6.45, 7) is 6.75. The Bertz CT molecular complexity index is 1590. The summed E-state index contributed by atoms with van der Waals surface area (Å²) >= 11 is 0. The van der Waals surface area contributed by atoms with Crippen LogP contribution in [0.2, 0.25) is 0 Å². The summed E-state index contributed by atoms with van der Waals surface area (Å²) in [5.74, 6) is 1.61. The standard InChI is InChI=1S/2C19H19.C3H6.2ClH.Hf/c2*1-2-6-14(7-3-1)17-12-16-11-10-15-8-4-5-9-18(15)19(16)13-17;1-3-2;;;/h2*4-5,8-14H,1-3,6-7H2;1-3H2;2*1H;/q2*-1;-2;;;+4. The van der Waals surface area contributed by atoms with Gasteiger partial charge in [0.2, 0.25) is 0 Å². The summed E-state index contributed by atoms with van der Waals surface area (Å²) in [4.78, 5) is 0. The average Bonchev–Trinajstić information content (AvgIpc) is 3.68. The second-order valence-electron chi connectivity index (χ2n) is 12.2. The zero-order valence-corrected chi connectivity index (χ0v) is 31.1. The molecular formula is C41H46Cl2Hf. The van der Waals surface area contributed by atoms with E-state index in [1.54, 1.807) is 11.1 Å². The average molecular weight is 788 g/mol. The number of halogens is 2. The van der Waals surface area contributed by atoms with Gasteiger partial charge in [0, 0.05) is 0 Å². The second-order valence-corrected chi connectivity index (χ2v) is 12.2. The number of rotatable bonds is 2. The molecule has 0 saturated heterocycles. The van der Waals surface area contributed by atoms with Crippen LogP contribution in [0.5, 0.6) is 0 Å². The van der Waals surface area contributed by atoms with Gasteiger partial charge in [0.15, 0.2) is 0 Å². The van der Waals surface area contributed by atoms with Gasteiger partial charge >= 0.3 is 25.8 Å². The van der Waals surface area contributed by atoms with Crippen LogP contribution in [0.3, 0.4) is 0 Å². The van der Waals surface area contributed by atoms with E-state index in [9.17, 15) is 0 Å². The number of benzene rings is 4. The van der Waals surface area contributed by atoms with Gasteiger partial charge in [-0.15, -0.1) is 81.8 Å². The third-order valence-corrected chi connectivity index (χ3v) is 9.43. The van der Waals surface area contributed by atoms with Crippen LogP contribution in [-0.2, 0) is 25.8 Å². The third kappa shape index (κ3) is 8.26. The smallest absolute Gasteiger partial charge is 0.372 e. The van der Waals surface area contributed by atoms with Crippen molar-refractivity contribution in [2.24, 2.45) is 0 Å². The summed E-state index contributed by atoms with van der Waals surface area (Å²) in [7, 11) is 0. The molecule has 0 bridgehead atoms. The topological polar surface area (TPSA) is 0 Å². The van der Waals surface area contributed by atoms with Crippen molar-refractivity contribution in [3.8, 4) is 0 Å². The molecule has 3 heteroatoms. The Labute approximate surface area is 296 Å². The molecule has 228 valence electrons. The zero-order valence-electron chi connectivity index (χ0n) is 25.9. The van der Waals surface area contributed by atoms with Crippen molar-refractivity contribution in [2.45, 2.75) is 82.5 Å². The van der Waals surface area contributed by atoms with Gasteiger partial charge in [-0.25, -0.2) is 0 Å². The Morgan fingerprint density at radius 1 is 0.500 bits per heavy atom. The van der Waals surface area contributed by atoms with Crippen molar-refractivity contribution < 1.29 is 25.8 Å². The van der Waals surface area contributed by atoms with E-state index < -0.39 is 0 Å². The van der Waals surface area contributed by atoms with Crippen LogP contribution in [0.25, 0.3) is 43.1 Å². The molecule has 2 fully saturated rings. The summed E-state index contributed by atoms with van der Waals surface area (Å²) < 4.78 is 0. The molecule has 8 rings (SSSR count). The Hall–Kier alpha value is -1.93. The van der Waals surface area contributed by atoms with Crippen molar-refractivity contribution >= 4 is 67.9 Å². The van der Waals surface area contributed by atoms with Gasteiger partial charge in [-0.1, -0.05) is 110 Å². The summed E-state index contributed by atoms with van der Waals surface area (Å²) in [6.07, 6.45) is 14.8. The van der Waals surface area contributed by atoms with Gasteiger partial charge in [0.1, 0.15) is 0 Å². The van der Waals surface area contributed by atoms with Gasteiger partial charge in [-0.3, -0.25) is 0 Å². The van der Waals surface area contributed by atoms with Crippen molar-refractivity contribution in [3.63, 3.8) is 0 Å². The van der Waals surface area contributed by atoms with Crippen LogP contribution < -0.4 is 0 Å². The van der Waals surface area contributed by atoms with Gasteiger partial charge in [-0.05, 0) is 48.3 Å². The molecule has 2 saturated carbocycles. The van der Waals surface area contributed by atoms with Gasteiger partial charge in [0.05, 0.1) is 0 Å². The van der Waals surface area contributed by atoms with E-state index in [0.717, 1.165) is 18.3 Å². The van der Waals surface area contributed by atoms with E-state index in [1.807, 2.05) is 0 Å². The second kappa shape index (κ2) is 17.7. The monoisotopic (exact) mass is 788 g/mol. The summed E-state index contributed by atoms with van der Waals surface area (Å²) in [5.41, 5.74) is 3.15. The molecule has 0 heterocycles. The van der Waals surface area contributed by atoms with E-state index in [0.29, 0.717) is 0 Å². The minimum atomic E-state index is 0. The van der Waals surface area contributed by atoms with Crippen molar-refractivity contribution in [3.05, 3.63) is 122 Å². The van der Waals surface area contributed by atoms with E-state index in [-0.39, 0.29) is 50.7 Å². The molecule has 0 N–H and O–H groups in total. The fourth-order valence-corrected chi connectivity index (χ4v) is 7.32. The molecule has 0 nitrogen and oxygen atoms in total. The first-order chi connectivity index (χ1) is 20.2. The van der Waals surface area contributed by atoms with Crippen LogP contribution in [-0.4, -0.2) is 0 Å². The maximum absolute atomic E-state index is 3.38. The van der Waals surface area contributed by atoms with Crippen LogP contribution in [0.15, 0.2) is 97.1 Å². The molecule has 6 aromatic rings. The first-order valence-electron chi connectivity index (χ1n) is 16.0. The number of fused-ring (bicyclic) bond motifs is 6. The van der Waals surface area contributed by atoms with Crippen molar-refractivity contribution in [1.29, 1.82) is 0 Å². The molecule has 0 atom stereocenters. The molecule has 0 aromatic heterocycles. The summed E-state index contributed by atoms with van der Waals surface area (Å²) in [5, 5.41) is 11.2. The molecular weight excluding hydrogens is 742 g/mol. The van der Waals surface area contributed by atoms with Gasteiger partial charge < -0.3 is 20.3 Å². The number of hydrogen-bond acceptors (Lipinski definition) is 0. The molecule has 2 aliphatic carbocycles. The minimum absolute atomic E-state index is 0. The minimum Gasteiger partial charge on any atom is -0.372 e. The largest absolute Gasteiger partial charge is 4.00 e. The quantitative estimate of drug-likeness (QED) is 0.121. The Balaban J connectivity index is 0.000000208. The number of hydrogen-bond donors (Lipinski definition) is 0. The first kappa shape index (κ1) is 36.5. The van der Waals surface area contributed by atoms with E-state index >= 15 is 0 Å². The zero-order chi connectivity index (χ0) is 28.0. The third-order valence-electron chi connectivity index (χ3n) is 9.43. The summed E-state index contributed by atoms with van der Waals surface area (Å²) in [6, 6.07) is 36.3. The molecule has 0 aliphatic heterocycles. The van der Waals surface area contributed by atoms with E-state index in [1.165, 1.54) is 107 Å².